The van der Waals surface area contributed by atoms with Gasteiger partial charge in [0.1, 0.15) is 0 Å². The van der Waals surface area contributed by atoms with Gasteiger partial charge in [0.2, 0.25) is 0 Å². The van der Waals surface area contributed by atoms with E-state index in [4.69, 9.17) is 0 Å². The Morgan fingerprint density at radius 1 is 1.20 bits per heavy atom. The minimum atomic E-state index is 0.723. The summed E-state index contributed by atoms with van der Waals surface area (Å²) < 4.78 is 0. The Hall–Kier alpha value is -0.860. The predicted molar refractivity (Wildman–Crippen MR) is 85.1 cm³/mol. The molecule has 0 aromatic heterocycles. The molecule has 2 aliphatic rings. The van der Waals surface area contributed by atoms with Gasteiger partial charge in [-0.05, 0) is 62.7 Å². The molecule has 2 nitrogen and oxygen atoms in total. The average molecular weight is 272 g/mol. The van der Waals surface area contributed by atoms with Gasteiger partial charge in [-0.15, -0.1) is 0 Å². The van der Waals surface area contributed by atoms with Gasteiger partial charge in [-0.3, -0.25) is 4.90 Å². The number of aryl methyl sites for hydroxylation is 1. The summed E-state index contributed by atoms with van der Waals surface area (Å²) in [5, 5.41) is 3.72. The largest absolute Gasteiger partial charge is 0.313 e. The van der Waals surface area contributed by atoms with Gasteiger partial charge in [-0.1, -0.05) is 31.2 Å². The Morgan fingerprint density at radius 2 is 2.05 bits per heavy atom. The van der Waals surface area contributed by atoms with Crippen LogP contribution in [0.1, 0.15) is 43.7 Å². The first-order valence-electron chi connectivity index (χ1n) is 8.41. The van der Waals surface area contributed by atoms with Crippen LogP contribution in [0.4, 0.5) is 0 Å². The highest BCUT2D eigenvalue weighted by Gasteiger charge is 2.28. The van der Waals surface area contributed by atoms with Crippen LogP contribution in [-0.2, 0) is 12.8 Å². The van der Waals surface area contributed by atoms with E-state index in [1.165, 1.54) is 58.2 Å². The lowest BCUT2D eigenvalue weighted by molar-refractivity contribution is 0.126. The van der Waals surface area contributed by atoms with Crippen molar-refractivity contribution in [3.63, 3.8) is 0 Å². The minimum absolute atomic E-state index is 0.723. The molecule has 1 aliphatic carbocycles. The molecule has 0 spiro atoms. The first kappa shape index (κ1) is 14.1. The fourth-order valence-corrected chi connectivity index (χ4v) is 3.84. The van der Waals surface area contributed by atoms with Crippen LogP contribution in [0.2, 0.25) is 0 Å². The summed E-state index contributed by atoms with van der Waals surface area (Å²) in [5.41, 5.74) is 3.17. The second kappa shape index (κ2) is 6.73. The molecule has 2 atom stereocenters. The summed E-state index contributed by atoms with van der Waals surface area (Å²) in [6.07, 6.45) is 7.84. The quantitative estimate of drug-likeness (QED) is 0.906. The van der Waals surface area contributed by atoms with Crippen LogP contribution < -0.4 is 5.32 Å². The van der Waals surface area contributed by atoms with Gasteiger partial charge >= 0.3 is 0 Å². The fraction of sp³-hybridized carbons (Fsp3) is 0.667. The van der Waals surface area contributed by atoms with Gasteiger partial charge in [-0.2, -0.15) is 0 Å². The van der Waals surface area contributed by atoms with Gasteiger partial charge in [-0.25, -0.2) is 0 Å². The van der Waals surface area contributed by atoms with Crippen LogP contribution in [0.15, 0.2) is 24.3 Å². The van der Waals surface area contributed by atoms with E-state index in [2.05, 4.69) is 41.4 Å². The highest BCUT2D eigenvalue weighted by Crippen LogP contribution is 2.26. The molecule has 1 aromatic rings. The van der Waals surface area contributed by atoms with Gasteiger partial charge in [0.15, 0.2) is 0 Å². The minimum Gasteiger partial charge on any atom is -0.313 e. The molecule has 1 aromatic carbocycles. The van der Waals surface area contributed by atoms with E-state index in [9.17, 15) is 0 Å². The van der Waals surface area contributed by atoms with Crippen molar-refractivity contribution in [2.24, 2.45) is 0 Å². The third kappa shape index (κ3) is 3.24. The lowest BCUT2D eigenvalue weighted by Crippen LogP contribution is -2.51. The van der Waals surface area contributed by atoms with Crippen molar-refractivity contribution in [1.29, 1.82) is 0 Å². The Labute approximate surface area is 123 Å². The standard InChI is InChI=1S/C18H28N2/c1-2-11-19-17-8-5-12-20(14-17)18-10-9-15-6-3-4-7-16(15)13-18/h3-4,6-7,17-19H,2,5,8-14H2,1H3. The molecule has 110 valence electrons. The molecule has 20 heavy (non-hydrogen) atoms. The zero-order chi connectivity index (χ0) is 13.8. The Bertz CT molecular complexity index is 429. The maximum Gasteiger partial charge on any atom is 0.0195 e. The molecule has 2 unspecified atom stereocenters. The van der Waals surface area contributed by atoms with E-state index >= 15 is 0 Å². The molecule has 1 aliphatic heterocycles. The fourth-order valence-electron chi connectivity index (χ4n) is 3.84. The SMILES string of the molecule is CCCNC1CCCN(C2CCc3ccccc3C2)C1. The molecule has 2 heteroatoms. The highest BCUT2D eigenvalue weighted by molar-refractivity contribution is 5.30. The van der Waals surface area contributed by atoms with Gasteiger partial charge in [0.25, 0.3) is 0 Å². The second-order valence-electron chi connectivity index (χ2n) is 6.45. The summed E-state index contributed by atoms with van der Waals surface area (Å²) in [7, 11) is 0. The molecule has 1 N–H and O–H groups in total. The average Bonchev–Trinajstić information content (AvgIpc) is 2.53. The van der Waals surface area contributed by atoms with Crippen molar-refractivity contribution >= 4 is 0 Å². The van der Waals surface area contributed by atoms with Gasteiger partial charge in [0.05, 0.1) is 0 Å². The number of fused-ring (bicyclic) bond motifs is 1. The molecule has 0 radical (unpaired) electrons. The van der Waals surface area contributed by atoms with Crippen molar-refractivity contribution in [3.05, 3.63) is 35.4 Å². The zero-order valence-electron chi connectivity index (χ0n) is 12.8. The summed E-state index contributed by atoms with van der Waals surface area (Å²) >= 11 is 0. The van der Waals surface area contributed by atoms with Crippen molar-refractivity contribution < 1.29 is 0 Å². The maximum absolute atomic E-state index is 3.72. The molecular formula is C18H28N2. The first-order chi connectivity index (χ1) is 9.86. The Balaban J connectivity index is 1.59. The van der Waals surface area contributed by atoms with E-state index in [0.29, 0.717) is 0 Å². The van der Waals surface area contributed by atoms with E-state index in [1.807, 2.05) is 0 Å². The summed E-state index contributed by atoms with van der Waals surface area (Å²) in [5.74, 6) is 0. The smallest absolute Gasteiger partial charge is 0.0195 e. The van der Waals surface area contributed by atoms with Crippen molar-refractivity contribution in [3.8, 4) is 0 Å². The first-order valence-corrected chi connectivity index (χ1v) is 8.41. The van der Waals surface area contributed by atoms with Crippen LogP contribution >= 0.6 is 0 Å². The Kier molecular flexibility index (Phi) is 4.74. The Morgan fingerprint density at radius 3 is 2.90 bits per heavy atom. The molecule has 0 bridgehead atoms. The van der Waals surface area contributed by atoms with E-state index < -0.39 is 0 Å². The molecule has 1 fully saturated rings. The zero-order valence-corrected chi connectivity index (χ0v) is 12.8. The van der Waals surface area contributed by atoms with Crippen LogP contribution in [0, 0.1) is 0 Å². The van der Waals surface area contributed by atoms with E-state index in [1.54, 1.807) is 11.1 Å². The van der Waals surface area contributed by atoms with Crippen LogP contribution in [0.25, 0.3) is 0 Å². The molecule has 0 amide bonds. The molecular weight excluding hydrogens is 244 g/mol. The lowest BCUT2D eigenvalue weighted by atomic mass is 9.86. The van der Waals surface area contributed by atoms with Crippen molar-refractivity contribution in [1.82, 2.24) is 10.2 Å². The van der Waals surface area contributed by atoms with Gasteiger partial charge < -0.3 is 5.32 Å². The summed E-state index contributed by atoms with van der Waals surface area (Å²) in [4.78, 5) is 2.76. The normalized spacial score (nSPS) is 27.2. The number of nitrogens with one attached hydrogen (secondary N) is 1. The van der Waals surface area contributed by atoms with Crippen LogP contribution in [-0.4, -0.2) is 36.6 Å². The summed E-state index contributed by atoms with van der Waals surface area (Å²) in [6, 6.07) is 10.5. The molecule has 1 saturated heterocycles. The number of nitrogens with zero attached hydrogens (tertiary/aromatic N) is 1. The number of benzene rings is 1. The maximum atomic E-state index is 3.72. The lowest BCUT2D eigenvalue weighted by Gasteiger charge is -2.40. The number of hydrogen-bond donors (Lipinski definition) is 1. The highest BCUT2D eigenvalue weighted by atomic mass is 15.2. The second-order valence-corrected chi connectivity index (χ2v) is 6.45. The number of piperidine rings is 1. The van der Waals surface area contributed by atoms with Crippen molar-refractivity contribution in [2.75, 3.05) is 19.6 Å². The summed E-state index contributed by atoms with van der Waals surface area (Å²) in [6.45, 7) is 5.99. The number of rotatable bonds is 4. The monoisotopic (exact) mass is 272 g/mol. The molecule has 3 rings (SSSR count). The molecule has 1 heterocycles. The number of likely N-dealkylation sites (tertiary alicyclic amines) is 1. The molecule has 0 saturated carbocycles. The predicted octanol–water partition coefficient (Wildman–Crippen LogP) is 3.01. The van der Waals surface area contributed by atoms with Crippen LogP contribution in [0.3, 0.4) is 0 Å². The topological polar surface area (TPSA) is 15.3 Å². The van der Waals surface area contributed by atoms with Crippen molar-refractivity contribution in [2.45, 2.75) is 57.5 Å². The van der Waals surface area contributed by atoms with Gasteiger partial charge in [0, 0.05) is 18.6 Å². The third-order valence-electron chi connectivity index (χ3n) is 4.97. The van der Waals surface area contributed by atoms with Crippen LogP contribution in [0.5, 0.6) is 0 Å². The van der Waals surface area contributed by atoms with E-state index in [0.717, 1.165) is 12.1 Å². The third-order valence-corrected chi connectivity index (χ3v) is 4.97. The van der Waals surface area contributed by atoms with E-state index in [-0.39, 0.29) is 0 Å². The number of hydrogen-bond acceptors (Lipinski definition) is 2.